The van der Waals surface area contributed by atoms with Gasteiger partial charge >= 0.3 is 11.9 Å². The molecular weight excluding hydrogens is 482 g/mol. The van der Waals surface area contributed by atoms with Crippen molar-refractivity contribution >= 4 is 39.6 Å². The molecule has 0 aromatic carbocycles. The van der Waals surface area contributed by atoms with E-state index in [1.165, 1.54) is 27.2 Å². The number of hydrogen-bond acceptors (Lipinski definition) is 10. The smallest absolute Gasteiger partial charge is 0.303 e. The fraction of sp³-hybridized carbons (Fsp3) is 0.529. The zero-order chi connectivity index (χ0) is 22.3. The van der Waals surface area contributed by atoms with Gasteiger partial charge in [-0.2, -0.15) is 5.26 Å². The van der Waals surface area contributed by atoms with Crippen molar-refractivity contribution in [3.8, 4) is 6.07 Å². The molecule has 0 amide bonds. The van der Waals surface area contributed by atoms with Crippen LogP contribution in [0, 0.1) is 11.3 Å². The highest BCUT2D eigenvalue weighted by Crippen LogP contribution is 2.38. The molecule has 1 aromatic heterocycles. The molecule has 2 rings (SSSR count). The molecule has 0 saturated carbocycles. The first-order chi connectivity index (χ1) is 14.3. The van der Waals surface area contributed by atoms with Crippen LogP contribution in [-0.4, -0.2) is 60.4 Å². The molecule has 1 saturated heterocycles. The Morgan fingerprint density at radius 1 is 1.43 bits per heavy atom. The molecule has 30 heavy (non-hydrogen) atoms. The summed E-state index contributed by atoms with van der Waals surface area (Å²) < 4.78 is 22.5. The minimum absolute atomic E-state index is 0.167. The van der Waals surface area contributed by atoms with Gasteiger partial charge in [-0.1, -0.05) is 16.9 Å². The number of ether oxygens (including phenoxy) is 4. The first-order valence-electron chi connectivity index (χ1n) is 8.56. The van der Waals surface area contributed by atoms with E-state index in [4.69, 9.17) is 24.5 Å². The normalized spacial score (nSPS) is 25.5. The van der Waals surface area contributed by atoms with Gasteiger partial charge in [0.05, 0.1) is 0 Å². The van der Waals surface area contributed by atoms with E-state index < -0.39 is 41.7 Å². The van der Waals surface area contributed by atoms with Crippen LogP contribution in [0.2, 0.25) is 0 Å². The monoisotopic (exact) mass is 499 g/mol. The van der Waals surface area contributed by atoms with E-state index in [0.717, 1.165) is 11.8 Å². The molecule has 0 N–H and O–H groups in total. The molecule has 1 aliphatic heterocycles. The lowest BCUT2D eigenvalue weighted by Crippen LogP contribution is -2.59. The molecule has 2 heterocycles. The Hall–Kier alpha value is -2.36. The lowest BCUT2D eigenvalue weighted by molar-refractivity contribution is -0.196. The summed E-state index contributed by atoms with van der Waals surface area (Å²) in [6.45, 7) is 2.19. The zero-order valence-corrected chi connectivity index (χ0v) is 18.6. The molecular formula is C17H18BrN5O6S. The molecule has 0 radical (unpaired) electrons. The molecule has 3 unspecified atom stereocenters. The lowest BCUT2D eigenvalue weighted by atomic mass is 9.97. The number of aromatic nitrogens is 1. The van der Waals surface area contributed by atoms with Crippen molar-refractivity contribution in [2.24, 2.45) is 5.11 Å². The number of halogens is 1. The minimum atomic E-state index is -1.05. The highest BCUT2D eigenvalue weighted by atomic mass is 79.9. The van der Waals surface area contributed by atoms with Crippen LogP contribution in [0.15, 0.2) is 26.7 Å². The fourth-order valence-corrected chi connectivity index (χ4v) is 4.56. The summed E-state index contributed by atoms with van der Waals surface area (Å²) in [7, 11) is 1.39. The Bertz CT molecular complexity index is 890. The van der Waals surface area contributed by atoms with Gasteiger partial charge in [0, 0.05) is 41.4 Å². The standard InChI is InChI=1S/C17H18BrN5O6S/c1-8(24)27-7-12-15(28-9(2)25)14(22-23-20)16(26-3)17(29-12)30-13-4-10(18)6-21-11(13)5-19/h4,6,12,14-17H,7H2,1-3H3/t12?,14?,15-,16?,17+/m0/s1. The van der Waals surface area contributed by atoms with E-state index >= 15 is 0 Å². The topological polar surface area (TPSA) is 156 Å². The highest BCUT2D eigenvalue weighted by molar-refractivity contribution is 9.10. The van der Waals surface area contributed by atoms with Crippen molar-refractivity contribution in [1.82, 2.24) is 4.98 Å². The molecule has 1 fully saturated rings. The number of azide groups is 1. The maximum atomic E-state index is 11.6. The third-order valence-electron chi connectivity index (χ3n) is 4.00. The van der Waals surface area contributed by atoms with Crippen molar-refractivity contribution in [3.05, 3.63) is 32.9 Å². The zero-order valence-electron chi connectivity index (χ0n) is 16.2. The van der Waals surface area contributed by atoms with Gasteiger partial charge < -0.3 is 18.9 Å². The van der Waals surface area contributed by atoms with E-state index in [9.17, 15) is 14.9 Å². The van der Waals surface area contributed by atoms with Gasteiger partial charge in [-0.05, 0) is 27.5 Å². The van der Waals surface area contributed by atoms with Crippen LogP contribution in [-0.2, 0) is 28.5 Å². The van der Waals surface area contributed by atoms with Gasteiger partial charge in [0.15, 0.2) is 5.69 Å². The molecule has 160 valence electrons. The van der Waals surface area contributed by atoms with E-state index in [1.54, 1.807) is 6.07 Å². The summed E-state index contributed by atoms with van der Waals surface area (Å²) in [5.74, 6) is -1.18. The quantitative estimate of drug-likeness (QED) is 0.238. The summed E-state index contributed by atoms with van der Waals surface area (Å²) in [5.41, 5.74) is 8.43. The van der Waals surface area contributed by atoms with Crippen LogP contribution in [0.4, 0.5) is 0 Å². The van der Waals surface area contributed by atoms with Gasteiger partial charge in [0.2, 0.25) is 0 Å². The molecule has 0 spiro atoms. The fourth-order valence-electron chi connectivity index (χ4n) is 2.82. The van der Waals surface area contributed by atoms with E-state index in [-0.39, 0.29) is 12.3 Å². The number of thioether (sulfide) groups is 1. The second-order valence-electron chi connectivity index (χ2n) is 6.05. The van der Waals surface area contributed by atoms with E-state index in [1.807, 2.05) is 6.07 Å². The summed E-state index contributed by atoms with van der Waals surface area (Å²) in [5, 5.41) is 13.1. The maximum Gasteiger partial charge on any atom is 0.303 e. The SMILES string of the molecule is COC1C(N=[N+]=[N-])[C@@H](OC(C)=O)C(COC(C)=O)O[C@@H]1Sc1cc(Br)cnc1C#N. The van der Waals surface area contributed by atoms with Crippen LogP contribution in [0.5, 0.6) is 0 Å². The number of hydrogen-bond donors (Lipinski definition) is 0. The minimum Gasteiger partial charge on any atom is -0.463 e. The Morgan fingerprint density at radius 2 is 2.17 bits per heavy atom. The molecule has 5 atom stereocenters. The average molecular weight is 500 g/mol. The van der Waals surface area contributed by atoms with Crippen LogP contribution in [0.25, 0.3) is 10.4 Å². The average Bonchev–Trinajstić information content (AvgIpc) is 2.68. The number of rotatable bonds is 7. The van der Waals surface area contributed by atoms with Crippen molar-refractivity contribution in [2.45, 2.75) is 48.5 Å². The lowest BCUT2D eigenvalue weighted by Gasteiger charge is -2.43. The predicted molar refractivity (Wildman–Crippen MR) is 107 cm³/mol. The van der Waals surface area contributed by atoms with Gasteiger partial charge in [0.1, 0.15) is 42.5 Å². The molecule has 0 aliphatic carbocycles. The number of carbonyl (C=O) groups is 2. The number of carbonyl (C=O) groups excluding carboxylic acids is 2. The van der Waals surface area contributed by atoms with Crippen molar-refractivity contribution in [3.63, 3.8) is 0 Å². The molecule has 1 aliphatic rings. The van der Waals surface area contributed by atoms with Gasteiger partial charge in [-0.3, -0.25) is 9.59 Å². The summed E-state index contributed by atoms with van der Waals surface area (Å²) in [4.78, 5) is 30.3. The van der Waals surface area contributed by atoms with Crippen molar-refractivity contribution < 1.29 is 28.5 Å². The largest absolute Gasteiger partial charge is 0.463 e. The Labute approximate surface area is 184 Å². The Kier molecular flexibility index (Phi) is 8.88. The molecule has 11 nitrogen and oxygen atoms in total. The number of nitriles is 1. The Balaban J connectivity index is 2.43. The summed E-state index contributed by atoms with van der Waals surface area (Å²) >= 11 is 4.43. The highest BCUT2D eigenvalue weighted by Gasteiger charge is 2.48. The van der Waals surface area contributed by atoms with Gasteiger partial charge in [-0.15, -0.1) is 0 Å². The first kappa shape index (κ1) is 23.9. The van der Waals surface area contributed by atoms with Crippen LogP contribution in [0.1, 0.15) is 19.5 Å². The summed E-state index contributed by atoms with van der Waals surface area (Å²) in [6, 6.07) is 2.72. The second-order valence-corrected chi connectivity index (χ2v) is 8.10. The molecule has 13 heteroatoms. The van der Waals surface area contributed by atoms with E-state index in [2.05, 4.69) is 30.9 Å². The van der Waals surface area contributed by atoms with Crippen molar-refractivity contribution in [2.75, 3.05) is 13.7 Å². The van der Waals surface area contributed by atoms with Crippen molar-refractivity contribution in [1.29, 1.82) is 5.26 Å². The third-order valence-corrected chi connectivity index (χ3v) is 5.61. The maximum absolute atomic E-state index is 11.6. The number of pyridine rings is 1. The Morgan fingerprint density at radius 3 is 2.73 bits per heavy atom. The third kappa shape index (κ3) is 6.07. The van der Waals surface area contributed by atoms with Crippen LogP contribution >= 0.6 is 27.7 Å². The molecule has 1 aromatic rings. The number of nitrogens with zero attached hydrogens (tertiary/aromatic N) is 5. The van der Waals surface area contributed by atoms with Gasteiger partial charge in [0.25, 0.3) is 0 Å². The second kappa shape index (κ2) is 11.1. The molecule has 0 bridgehead atoms. The number of esters is 2. The summed E-state index contributed by atoms with van der Waals surface area (Å²) in [6.07, 6.45) is -1.32. The van der Waals surface area contributed by atoms with Crippen LogP contribution < -0.4 is 0 Å². The van der Waals surface area contributed by atoms with E-state index in [0.29, 0.717) is 9.37 Å². The number of methoxy groups -OCH3 is 1. The first-order valence-corrected chi connectivity index (χ1v) is 10.2. The predicted octanol–water partition coefficient (Wildman–Crippen LogP) is 2.72. The van der Waals surface area contributed by atoms with Gasteiger partial charge in [-0.25, -0.2) is 4.98 Å². The van der Waals surface area contributed by atoms with Crippen LogP contribution in [0.3, 0.4) is 0 Å².